The van der Waals surface area contributed by atoms with Gasteiger partial charge in [0.05, 0.1) is 19.9 Å². The summed E-state index contributed by atoms with van der Waals surface area (Å²) in [6.07, 6.45) is 1.37. The Labute approximate surface area is 121 Å². The van der Waals surface area contributed by atoms with Gasteiger partial charge in [0.15, 0.2) is 11.6 Å². The molecular weight excluding hydrogens is 277 g/mol. The molecule has 1 aromatic heterocycles. The third-order valence-corrected chi connectivity index (χ3v) is 2.95. The summed E-state index contributed by atoms with van der Waals surface area (Å²) in [4.78, 5) is 15.9. The molecule has 0 aliphatic carbocycles. The predicted molar refractivity (Wildman–Crippen MR) is 73.8 cm³/mol. The van der Waals surface area contributed by atoms with Crippen LogP contribution in [0.5, 0.6) is 5.75 Å². The predicted octanol–water partition coefficient (Wildman–Crippen LogP) is 3.23. The van der Waals surface area contributed by atoms with Gasteiger partial charge in [-0.1, -0.05) is 13.3 Å². The maximum Gasteiger partial charge on any atom is 0.376 e. The number of methoxy groups -OCH3 is 2. The minimum Gasteiger partial charge on any atom is -0.494 e. The number of esters is 1. The molecule has 0 saturated carbocycles. The van der Waals surface area contributed by atoms with E-state index in [1.54, 1.807) is 6.07 Å². The number of benzene rings is 1. The van der Waals surface area contributed by atoms with Crippen LogP contribution in [0, 0.1) is 5.82 Å². The first-order chi connectivity index (χ1) is 10.1. The lowest BCUT2D eigenvalue weighted by Gasteiger charge is -2.02. The van der Waals surface area contributed by atoms with Crippen molar-refractivity contribution in [2.24, 2.45) is 0 Å². The number of oxazole rings is 1. The highest BCUT2D eigenvalue weighted by Gasteiger charge is 2.21. The number of hydrogen-bond donors (Lipinski definition) is 0. The molecule has 0 fully saturated rings. The number of carbonyl (C=O) groups is 1. The average molecular weight is 293 g/mol. The van der Waals surface area contributed by atoms with Crippen LogP contribution >= 0.6 is 0 Å². The molecule has 0 atom stereocenters. The lowest BCUT2D eigenvalue weighted by atomic mass is 10.2. The van der Waals surface area contributed by atoms with E-state index in [1.165, 1.54) is 26.4 Å². The van der Waals surface area contributed by atoms with Crippen molar-refractivity contribution in [3.8, 4) is 17.2 Å². The molecule has 0 aliphatic heterocycles. The summed E-state index contributed by atoms with van der Waals surface area (Å²) < 4.78 is 28.7. The number of carbonyl (C=O) groups excluding carboxylic acids is 1. The summed E-state index contributed by atoms with van der Waals surface area (Å²) in [5, 5.41) is 0. The smallest absolute Gasteiger partial charge is 0.376 e. The second-order valence-electron chi connectivity index (χ2n) is 4.39. The van der Waals surface area contributed by atoms with Gasteiger partial charge >= 0.3 is 5.97 Å². The summed E-state index contributed by atoms with van der Waals surface area (Å²) in [5.41, 5.74) is 0.941. The molecule has 2 rings (SSSR count). The van der Waals surface area contributed by atoms with Crippen LogP contribution in [0.2, 0.25) is 0 Å². The minimum atomic E-state index is -0.591. The van der Waals surface area contributed by atoms with Gasteiger partial charge in [-0.15, -0.1) is 0 Å². The van der Waals surface area contributed by atoms with E-state index in [1.807, 2.05) is 6.92 Å². The Balaban J connectivity index is 2.44. The fourth-order valence-corrected chi connectivity index (χ4v) is 1.93. The van der Waals surface area contributed by atoms with Crippen molar-refractivity contribution in [2.75, 3.05) is 14.2 Å². The number of halogens is 1. The zero-order chi connectivity index (χ0) is 15.4. The van der Waals surface area contributed by atoms with Crippen LogP contribution in [0.1, 0.15) is 29.6 Å². The van der Waals surface area contributed by atoms with Crippen LogP contribution in [0.4, 0.5) is 4.39 Å². The quantitative estimate of drug-likeness (QED) is 0.792. The molecule has 21 heavy (non-hydrogen) atoms. The Morgan fingerprint density at radius 2 is 2.14 bits per heavy atom. The van der Waals surface area contributed by atoms with E-state index in [2.05, 4.69) is 9.72 Å². The lowest BCUT2D eigenvalue weighted by molar-refractivity contribution is 0.0564. The highest BCUT2D eigenvalue weighted by molar-refractivity contribution is 5.88. The maximum atomic E-state index is 13.7. The number of nitrogens with zero attached hydrogens (tertiary/aromatic N) is 1. The van der Waals surface area contributed by atoms with Gasteiger partial charge < -0.3 is 13.9 Å². The van der Waals surface area contributed by atoms with Crippen molar-refractivity contribution >= 4 is 5.97 Å². The molecule has 1 aromatic carbocycles. The van der Waals surface area contributed by atoms with Crippen molar-refractivity contribution in [2.45, 2.75) is 19.8 Å². The fraction of sp³-hybridized carbons (Fsp3) is 0.333. The second kappa shape index (κ2) is 6.39. The summed E-state index contributed by atoms with van der Waals surface area (Å²) >= 11 is 0. The van der Waals surface area contributed by atoms with Crippen LogP contribution in [-0.4, -0.2) is 25.2 Å². The number of ether oxygens (including phenoxy) is 2. The van der Waals surface area contributed by atoms with Crippen LogP contribution < -0.4 is 4.74 Å². The van der Waals surface area contributed by atoms with Gasteiger partial charge in [-0.3, -0.25) is 0 Å². The number of hydrogen-bond acceptors (Lipinski definition) is 5. The van der Waals surface area contributed by atoms with Crippen LogP contribution in [-0.2, 0) is 11.2 Å². The summed E-state index contributed by atoms with van der Waals surface area (Å²) in [6.45, 7) is 1.96. The Morgan fingerprint density at radius 3 is 2.71 bits per heavy atom. The molecule has 0 spiro atoms. The zero-order valence-electron chi connectivity index (χ0n) is 12.1. The monoisotopic (exact) mass is 293 g/mol. The van der Waals surface area contributed by atoms with E-state index in [-0.39, 0.29) is 17.4 Å². The van der Waals surface area contributed by atoms with E-state index in [9.17, 15) is 9.18 Å². The van der Waals surface area contributed by atoms with E-state index >= 15 is 0 Å². The lowest BCUT2D eigenvalue weighted by Crippen LogP contribution is -2.03. The number of aryl methyl sites for hydroxylation is 1. The van der Waals surface area contributed by atoms with Gasteiger partial charge in [0.2, 0.25) is 11.7 Å². The number of aromatic nitrogens is 1. The molecule has 0 unspecified atom stereocenters. The fourth-order valence-electron chi connectivity index (χ4n) is 1.93. The van der Waals surface area contributed by atoms with Gasteiger partial charge in [-0.25, -0.2) is 14.2 Å². The third-order valence-electron chi connectivity index (χ3n) is 2.95. The molecule has 0 saturated heterocycles. The molecule has 1 heterocycles. The van der Waals surface area contributed by atoms with Crippen LogP contribution in [0.15, 0.2) is 22.6 Å². The van der Waals surface area contributed by atoms with E-state index in [0.717, 1.165) is 6.42 Å². The van der Waals surface area contributed by atoms with Gasteiger partial charge in [0.25, 0.3) is 0 Å². The topological polar surface area (TPSA) is 61.6 Å². The van der Waals surface area contributed by atoms with E-state index < -0.39 is 11.8 Å². The molecule has 0 bridgehead atoms. The molecule has 0 radical (unpaired) electrons. The molecule has 5 nitrogen and oxygen atoms in total. The summed E-state index contributed by atoms with van der Waals surface area (Å²) in [7, 11) is 2.66. The highest BCUT2D eigenvalue weighted by atomic mass is 19.1. The average Bonchev–Trinajstić information content (AvgIpc) is 2.91. The van der Waals surface area contributed by atoms with Crippen molar-refractivity contribution < 1.29 is 23.1 Å². The SMILES string of the molecule is CCCc1nc(-c2ccc(OC)c(F)c2)oc1C(=O)OC. The molecule has 0 N–H and O–H groups in total. The van der Waals surface area contributed by atoms with Gasteiger partial charge in [0, 0.05) is 5.56 Å². The van der Waals surface area contributed by atoms with E-state index in [0.29, 0.717) is 17.7 Å². The Bertz CT molecular complexity index is 651. The van der Waals surface area contributed by atoms with E-state index in [4.69, 9.17) is 9.15 Å². The first kappa shape index (κ1) is 15.0. The third kappa shape index (κ3) is 3.04. The van der Waals surface area contributed by atoms with Gasteiger partial charge in [-0.2, -0.15) is 0 Å². The zero-order valence-corrected chi connectivity index (χ0v) is 12.1. The maximum absolute atomic E-state index is 13.7. The Kier molecular flexibility index (Phi) is 4.57. The van der Waals surface area contributed by atoms with Crippen molar-refractivity contribution in [3.63, 3.8) is 0 Å². The molecule has 2 aromatic rings. The molecule has 6 heteroatoms. The van der Waals surface area contributed by atoms with Crippen molar-refractivity contribution in [3.05, 3.63) is 35.5 Å². The highest BCUT2D eigenvalue weighted by Crippen LogP contribution is 2.27. The van der Waals surface area contributed by atoms with Gasteiger partial charge in [-0.05, 0) is 24.6 Å². The standard InChI is InChI=1S/C15H16FNO4/c1-4-5-11-13(15(18)20-3)21-14(17-11)9-6-7-12(19-2)10(16)8-9/h6-8H,4-5H2,1-3H3. The van der Waals surface area contributed by atoms with Crippen LogP contribution in [0.3, 0.4) is 0 Å². The second-order valence-corrected chi connectivity index (χ2v) is 4.39. The van der Waals surface area contributed by atoms with Crippen molar-refractivity contribution in [1.82, 2.24) is 4.98 Å². The number of rotatable bonds is 5. The molecule has 112 valence electrons. The Hall–Kier alpha value is -2.37. The molecular formula is C15H16FNO4. The van der Waals surface area contributed by atoms with Crippen molar-refractivity contribution in [1.29, 1.82) is 0 Å². The molecule has 0 aliphatic rings. The van der Waals surface area contributed by atoms with Crippen LogP contribution in [0.25, 0.3) is 11.5 Å². The summed E-state index contributed by atoms with van der Waals surface area (Å²) in [6, 6.07) is 4.35. The first-order valence-corrected chi connectivity index (χ1v) is 6.52. The summed E-state index contributed by atoms with van der Waals surface area (Å²) in [5.74, 6) is -0.741. The largest absolute Gasteiger partial charge is 0.494 e. The Morgan fingerprint density at radius 1 is 1.38 bits per heavy atom. The first-order valence-electron chi connectivity index (χ1n) is 6.52. The molecule has 0 amide bonds. The minimum absolute atomic E-state index is 0.0607. The van der Waals surface area contributed by atoms with Gasteiger partial charge in [0.1, 0.15) is 0 Å². The normalized spacial score (nSPS) is 10.5.